The van der Waals surface area contributed by atoms with Gasteiger partial charge in [-0.25, -0.2) is 9.18 Å². The van der Waals surface area contributed by atoms with Crippen LogP contribution in [-0.2, 0) is 6.54 Å². The lowest BCUT2D eigenvalue weighted by Gasteiger charge is -2.12. The van der Waals surface area contributed by atoms with Crippen molar-refractivity contribution in [3.8, 4) is 17.0 Å². The molecule has 1 aliphatic carbocycles. The Bertz CT molecular complexity index is 1430. The highest BCUT2D eigenvalue weighted by molar-refractivity contribution is 6.04. The van der Waals surface area contributed by atoms with Crippen LogP contribution in [0.2, 0.25) is 0 Å². The Morgan fingerprint density at radius 1 is 1.05 bits per heavy atom. The zero-order chi connectivity index (χ0) is 25.8. The maximum Gasteiger partial charge on any atom is 0.342 e. The van der Waals surface area contributed by atoms with Gasteiger partial charge in [0.05, 0.1) is 17.0 Å². The molecule has 0 atom stereocenters. The fourth-order valence-corrected chi connectivity index (χ4v) is 4.62. The number of rotatable bonds is 6. The maximum atomic E-state index is 13.5. The highest BCUT2D eigenvalue weighted by Crippen LogP contribution is 2.38. The van der Waals surface area contributed by atoms with Crippen LogP contribution in [0.5, 0.6) is 5.75 Å². The van der Waals surface area contributed by atoms with Crippen LogP contribution in [0.1, 0.15) is 53.2 Å². The summed E-state index contributed by atoms with van der Waals surface area (Å²) in [7, 11) is 0. The van der Waals surface area contributed by atoms with E-state index < -0.39 is 6.03 Å². The number of benzene rings is 2. The summed E-state index contributed by atoms with van der Waals surface area (Å²) in [5.41, 5.74) is 3.07. The van der Waals surface area contributed by atoms with Gasteiger partial charge in [0.2, 0.25) is 0 Å². The molecule has 37 heavy (non-hydrogen) atoms. The molecule has 1 fully saturated rings. The van der Waals surface area contributed by atoms with Gasteiger partial charge in [0.1, 0.15) is 11.6 Å². The van der Waals surface area contributed by atoms with E-state index in [0.717, 1.165) is 31.4 Å². The van der Waals surface area contributed by atoms with Gasteiger partial charge in [-0.05, 0) is 66.9 Å². The normalized spacial score (nSPS) is 13.4. The molecule has 0 saturated heterocycles. The predicted octanol–water partition coefficient (Wildman–Crippen LogP) is 5.46. The van der Waals surface area contributed by atoms with Gasteiger partial charge in [-0.2, -0.15) is 9.78 Å². The highest BCUT2D eigenvalue weighted by Gasteiger charge is 2.26. The molecule has 0 spiro atoms. The summed E-state index contributed by atoms with van der Waals surface area (Å²) in [6.07, 6.45) is 7.07. The molecule has 9 heteroatoms. The molecular weight excluding hydrogens is 473 g/mol. The standard InChI is InChI=1S/C28H26FN5O3/c29-21-9-3-5-18(13-21)16-31-28(37)34-25(19-6-1-2-7-19)15-24(33-34)23-14-22(10-11-26(23)35)32-27(36)20-8-4-12-30-17-20/h3-5,8-15,17,19,35H,1-2,6-7,16H2,(H,31,37)(H,32,36). The van der Waals surface area contributed by atoms with Gasteiger partial charge in [-0.3, -0.25) is 9.78 Å². The molecule has 0 bridgehead atoms. The van der Waals surface area contributed by atoms with Crippen LogP contribution in [0, 0.1) is 5.82 Å². The molecule has 2 amide bonds. The highest BCUT2D eigenvalue weighted by atomic mass is 19.1. The Hall–Kier alpha value is -4.53. The SMILES string of the molecule is O=C(Nc1ccc(O)c(-c2cc(C3CCCC3)n(C(=O)NCc3cccc(F)c3)n2)c1)c1cccnc1. The van der Waals surface area contributed by atoms with Crippen molar-refractivity contribution in [3.63, 3.8) is 0 Å². The number of hydrogen-bond donors (Lipinski definition) is 3. The monoisotopic (exact) mass is 499 g/mol. The van der Waals surface area contributed by atoms with Gasteiger partial charge in [-0.15, -0.1) is 0 Å². The van der Waals surface area contributed by atoms with Crippen LogP contribution in [-0.4, -0.2) is 31.8 Å². The summed E-state index contributed by atoms with van der Waals surface area (Å²) < 4.78 is 14.9. The molecule has 5 rings (SSSR count). The lowest BCUT2D eigenvalue weighted by Crippen LogP contribution is -2.30. The van der Waals surface area contributed by atoms with E-state index in [1.54, 1.807) is 42.6 Å². The molecule has 2 aromatic heterocycles. The first kappa shape index (κ1) is 24.2. The average molecular weight is 500 g/mol. The predicted molar refractivity (Wildman–Crippen MR) is 137 cm³/mol. The van der Waals surface area contributed by atoms with Crippen molar-refractivity contribution in [1.29, 1.82) is 0 Å². The number of phenolic OH excluding ortho intramolecular Hbond substituents is 1. The van der Waals surface area contributed by atoms with E-state index in [1.165, 1.54) is 29.1 Å². The van der Waals surface area contributed by atoms with Crippen LogP contribution in [0.25, 0.3) is 11.3 Å². The van der Waals surface area contributed by atoms with Gasteiger partial charge in [-0.1, -0.05) is 25.0 Å². The van der Waals surface area contributed by atoms with Crippen LogP contribution < -0.4 is 10.6 Å². The fraction of sp³-hybridized carbons (Fsp3) is 0.214. The molecule has 0 radical (unpaired) electrons. The minimum Gasteiger partial charge on any atom is -0.507 e. The lowest BCUT2D eigenvalue weighted by atomic mass is 10.0. The fourth-order valence-electron chi connectivity index (χ4n) is 4.62. The summed E-state index contributed by atoms with van der Waals surface area (Å²) in [6.45, 7) is 0.150. The van der Waals surface area contributed by atoms with Crippen LogP contribution in [0.3, 0.4) is 0 Å². The second kappa shape index (κ2) is 10.6. The van der Waals surface area contributed by atoms with Crippen LogP contribution in [0.15, 0.2) is 73.1 Å². The number of hydrogen-bond acceptors (Lipinski definition) is 5. The molecule has 8 nitrogen and oxygen atoms in total. The largest absolute Gasteiger partial charge is 0.507 e. The van der Waals surface area contributed by atoms with Gasteiger partial charge < -0.3 is 15.7 Å². The quantitative estimate of drug-likeness (QED) is 0.305. The molecular formula is C28H26FN5O3. The first-order valence-corrected chi connectivity index (χ1v) is 12.2. The third kappa shape index (κ3) is 5.50. The molecule has 0 unspecified atom stereocenters. The Labute approximate surface area is 213 Å². The number of aromatic nitrogens is 3. The number of nitrogens with one attached hydrogen (secondary N) is 2. The number of carbonyl (C=O) groups excluding carboxylic acids is 2. The van der Waals surface area contributed by atoms with E-state index in [2.05, 4.69) is 20.7 Å². The minimum atomic E-state index is -0.432. The van der Waals surface area contributed by atoms with Crippen molar-refractivity contribution in [2.24, 2.45) is 0 Å². The Balaban J connectivity index is 1.42. The zero-order valence-electron chi connectivity index (χ0n) is 20.0. The molecule has 1 aliphatic rings. The third-order valence-corrected chi connectivity index (χ3v) is 6.49. The Morgan fingerprint density at radius 2 is 1.89 bits per heavy atom. The number of nitrogens with zero attached hydrogens (tertiary/aromatic N) is 3. The van der Waals surface area contributed by atoms with Crippen molar-refractivity contribution >= 4 is 17.6 Å². The molecule has 188 valence electrons. The van der Waals surface area contributed by atoms with Crippen molar-refractivity contribution in [3.05, 3.63) is 95.7 Å². The van der Waals surface area contributed by atoms with E-state index in [-0.39, 0.29) is 29.9 Å². The van der Waals surface area contributed by atoms with E-state index in [0.29, 0.717) is 28.1 Å². The van der Waals surface area contributed by atoms with Crippen molar-refractivity contribution in [2.45, 2.75) is 38.1 Å². The number of halogens is 1. The van der Waals surface area contributed by atoms with Crippen LogP contribution in [0.4, 0.5) is 14.9 Å². The zero-order valence-corrected chi connectivity index (χ0v) is 20.0. The number of phenols is 1. The molecule has 3 N–H and O–H groups in total. The van der Waals surface area contributed by atoms with E-state index >= 15 is 0 Å². The molecule has 4 aromatic rings. The summed E-state index contributed by atoms with van der Waals surface area (Å²) in [5.74, 6) is -0.566. The van der Waals surface area contributed by atoms with E-state index in [4.69, 9.17) is 0 Å². The first-order chi connectivity index (χ1) is 18.0. The Morgan fingerprint density at radius 3 is 2.65 bits per heavy atom. The second-order valence-corrected chi connectivity index (χ2v) is 9.06. The number of aromatic hydroxyl groups is 1. The number of anilines is 1. The van der Waals surface area contributed by atoms with Crippen LogP contribution >= 0.6 is 0 Å². The summed E-state index contributed by atoms with van der Waals surface area (Å²) in [4.78, 5) is 29.7. The van der Waals surface area contributed by atoms with E-state index in [9.17, 15) is 19.1 Å². The van der Waals surface area contributed by atoms with E-state index in [1.807, 2.05) is 6.07 Å². The van der Waals surface area contributed by atoms with Crippen molar-refractivity contribution in [2.75, 3.05) is 5.32 Å². The summed E-state index contributed by atoms with van der Waals surface area (Å²) >= 11 is 0. The number of carbonyl (C=O) groups is 2. The van der Waals surface area contributed by atoms with Crippen molar-refractivity contribution < 1.29 is 19.1 Å². The topological polar surface area (TPSA) is 109 Å². The van der Waals surface area contributed by atoms with Gasteiger partial charge in [0.15, 0.2) is 0 Å². The third-order valence-electron chi connectivity index (χ3n) is 6.49. The van der Waals surface area contributed by atoms with Crippen molar-refractivity contribution in [1.82, 2.24) is 20.1 Å². The minimum absolute atomic E-state index is 0.0258. The number of amides is 2. The van der Waals surface area contributed by atoms with Gasteiger partial charge in [0.25, 0.3) is 5.91 Å². The molecule has 1 saturated carbocycles. The number of pyridine rings is 1. The summed E-state index contributed by atoms with van der Waals surface area (Å²) in [5, 5.41) is 20.8. The summed E-state index contributed by atoms with van der Waals surface area (Å²) in [6, 6.07) is 15.5. The maximum absolute atomic E-state index is 13.5. The molecule has 2 heterocycles. The Kier molecular flexibility index (Phi) is 6.93. The van der Waals surface area contributed by atoms with Gasteiger partial charge in [0, 0.05) is 36.1 Å². The smallest absolute Gasteiger partial charge is 0.342 e. The molecule has 0 aliphatic heterocycles. The average Bonchev–Trinajstić information content (AvgIpc) is 3.59. The second-order valence-electron chi connectivity index (χ2n) is 9.06. The van der Waals surface area contributed by atoms with Gasteiger partial charge >= 0.3 is 6.03 Å². The molecule has 2 aromatic carbocycles. The lowest BCUT2D eigenvalue weighted by molar-refractivity contribution is 0.102. The first-order valence-electron chi connectivity index (χ1n) is 12.2.